The Labute approximate surface area is 148 Å². The largest absolute Gasteiger partial charge is 0.480 e. The van der Waals surface area contributed by atoms with E-state index in [0.29, 0.717) is 5.56 Å². The molecule has 2 aromatic rings. The topological polar surface area (TPSA) is 84.9 Å². The summed E-state index contributed by atoms with van der Waals surface area (Å²) in [6.07, 6.45) is -0.899. The minimum atomic E-state index is -2.94. The number of ether oxygens (including phenoxy) is 2. The molecular weight excluding hydrogens is 348 g/mol. The van der Waals surface area contributed by atoms with E-state index in [1.807, 2.05) is 6.07 Å². The number of rotatable bonds is 8. The summed E-state index contributed by atoms with van der Waals surface area (Å²) in [7, 11) is 0. The fourth-order valence-electron chi connectivity index (χ4n) is 2.15. The zero-order chi connectivity index (χ0) is 18.9. The molecule has 0 aliphatic heterocycles. The molecule has 0 spiro atoms. The highest BCUT2D eigenvalue weighted by Crippen LogP contribution is 2.16. The molecule has 2 rings (SSSR count). The van der Waals surface area contributed by atoms with E-state index < -0.39 is 24.7 Å². The van der Waals surface area contributed by atoms with E-state index in [4.69, 9.17) is 4.74 Å². The van der Waals surface area contributed by atoms with Crippen molar-refractivity contribution in [3.8, 4) is 5.75 Å². The number of hydrogen-bond acceptors (Lipinski definition) is 4. The van der Waals surface area contributed by atoms with Crippen molar-refractivity contribution < 1.29 is 33.0 Å². The molecule has 0 saturated carbocycles. The first kappa shape index (κ1) is 19.2. The molecule has 0 unspecified atom stereocenters. The lowest BCUT2D eigenvalue weighted by Crippen LogP contribution is -2.42. The molecule has 0 aliphatic rings. The van der Waals surface area contributed by atoms with Gasteiger partial charge >= 0.3 is 18.7 Å². The summed E-state index contributed by atoms with van der Waals surface area (Å²) in [5, 5.41) is 11.5. The molecule has 0 bridgehead atoms. The first-order valence-corrected chi connectivity index (χ1v) is 7.68. The summed E-state index contributed by atoms with van der Waals surface area (Å²) >= 11 is 0. The van der Waals surface area contributed by atoms with Crippen LogP contribution in [0.25, 0.3) is 0 Å². The van der Waals surface area contributed by atoms with Crippen LogP contribution >= 0.6 is 0 Å². The minimum Gasteiger partial charge on any atom is -0.480 e. The van der Waals surface area contributed by atoms with Crippen molar-refractivity contribution in [2.75, 3.05) is 0 Å². The van der Waals surface area contributed by atoms with E-state index in [1.165, 1.54) is 24.3 Å². The van der Waals surface area contributed by atoms with Gasteiger partial charge in [-0.25, -0.2) is 9.59 Å². The van der Waals surface area contributed by atoms with E-state index in [1.54, 1.807) is 24.3 Å². The third kappa shape index (κ3) is 6.39. The third-order valence-corrected chi connectivity index (χ3v) is 3.39. The average molecular weight is 365 g/mol. The van der Waals surface area contributed by atoms with Crippen molar-refractivity contribution in [1.29, 1.82) is 0 Å². The first-order valence-electron chi connectivity index (χ1n) is 7.68. The molecule has 1 atom stereocenters. The van der Waals surface area contributed by atoms with Crippen LogP contribution in [0.4, 0.5) is 13.6 Å². The standard InChI is InChI=1S/C18H17F2NO5/c19-17(20)26-14-8-6-12(7-9-14)10-15(16(22)23)21-18(24)25-11-13-4-2-1-3-5-13/h1-9,15,17H,10-11H2,(H,21,24)(H,22,23)/t15-/m0/s1. The van der Waals surface area contributed by atoms with Crippen molar-refractivity contribution >= 4 is 12.1 Å². The number of benzene rings is 2. The fourth-order valence-corrected chi connectivity index (χ4v) is 2.15. The maximum Gasteiger partial charge on any atom is 0.408 e. The lowest BCUT2D eigenvalue weighted by Gasteiger charge is -2.15. The fraction of sp³-hybridized carbons (Fsp3) is 0.222. The molecule has 138 valence electrons. The van der Waals surface area contributed by atoms with Gasteiger partial charge in [0.15, 0.2) is 0 Å². The van der Waals surface area contributed by atoms with Gasteiger partial charge < -0.3 is 19.9 Å². The molecule has 2 aromatic carbocycles. The minimum absolute atomic E-state index is 0.0126. The van der Waals surface area contributed by atoms with Crippen molar-refractivity contribution in [2.45, 2.75) is 25.7 Å². The molecular formula is C18H17F2NO5. The Bertz CT molecular complexity index is 722. The van der Waals surface area contributed by atoms with Gasteiger partial charge in [-0.15, -0.1) is 0 Å². The molecule has 0 aliphatic carbocycles. The van der Waals surface area contributed by atoms with Gasteiger partial charge in [0, 0.05) is 6.42 Å². The molecule has 8 heteroatoms. The zero-order valence-corrected chi connectivity index (χ0v) is 13.6. The van der Waals surface area contributed by atoms with Gasteiger partial charge in [-0.05, 0) is 23.3 Å². The summed E-state index contributed by atoms with van der Waals surface area (Å²) in [4.78, 5) is 23.1. The van der Waals surface area contributed by atoms with E-state index >= 15 is 0 Å². The summed E-state index contributed by atoms with van der Waals surface area (Å²) < 4.78 is 33.4. The first-order chi connectivity index (χ1) is 12.4. The Kier molecular flexibility index (Phi) is 6.90. The van der Waals surface area contributed by atoms with Crippen LogP contribution in [0.1, 0.15) is 11.1 Å². The number of nitrogens with one attached hydrogen (secondary N) is 1. The van der Waals surface area contributed by atoms with Crippen LogP contribution < -0.4 is 10.1 Å². The highest BCUT2D eigenvalue weighted by molar-refractivity contribution is 5.80. The highest BCUT2D eigenvalue weighted by Gasteiger charge is 2.21. The van der Waals surface area contributed by atoms with Crippen LogP contribution in [-0.2, 0) is 22.6 Å². The SMILES string of the molecule is O=C(N[C@@H](Cc1ccc(OC(F)F)cc1)C(=O)O)OCc1ccccc1. The quantitative estimate of drug-likeness (QED) is 0.750. The van der Waals surface area contributed by atoms with Gasteiger partial charge in [-0.2, -0.15) is 8.78 Å². The molecule has 0 saturated heterocycles. The Hall–Kier alpha value is -3.16. The molecule has 0 radical (unpaired) electrons. The number of carboxylic acids is 1. The van der Waals surface area contributed by atoms with Gasteiger partial charge in [0.2, 0.25) is 0 Å². The Morgan fingerprint density at radius 2 is 1.65 bits per heavy atom. The average Bonchev–Trinajstić information content (AvgIpc) is 2.61. The Morgan fingerprint density at radius 1 is 1.00 bits per heavy atom. The highest BCUT2D eigenvalue weighted by atomic mass is 19.3. The number of hydrogen-bond donors (Lipinski definition) is 2. The molecule has 0 aromatic heterocycles. The van der Waals surface area contributed by atoms with Gasteiger partial charge in [0.05, 0.1) is 0 Å². The van der Waals surface area contributed by atoms with E-state index in [-0.39, 0.29) is 18.8 Å². The zero-order valence-electron chi connectivity index (χ0n) is 13.6. The Balaban J connectivity index is 1.89. The van der Waals surface area contributed by atoms with E-state index in [0.717, 1.165) is 5.56 Å². The summed E-state index contributed by atoms with van der Waals surface area (Å²) in [6, 6.07) is 13.2. The van der Waals surface area contributed by atoms with Crippen LogP contribution in [0.3, 0.4) is 0 Å². The number of carbonyl (C=O) groups excluding carboxylic acids is 1. The van der Waals surface area contributed by atoms with Gasteiger partial charge in [-0.1, -0.05) is 42.5 Å². The summed E-state index contributed by atoms with van der Waals surface area (Å²) in [5.41, 5.74) is 1.30. The van der Waals surface area contributed by atoms with Gasteiger partial charge in [0.25, 0.3) is 0 Å². The van der Waals surface area contributed by atoms with E-state index in [9.17, 15) is 23.5 Å². The van der Waals surface area contributed by atoms with Crippen molar-refractivity contribution in [3.63, 3.8) is 0 Å². The Morgan fingerprint density at radius 3 is 2.23 bits per heavy atom. The number of carboxylic acid groups (broad SMARTS) is 1. The number of carbonyl (C=O) groups is 2. The molecule has 0 heterocycles. The predicted octanol–water partition coefficient (Wildman–Crippen LogP) is 3.21. The van der Waals surface area contributed by atoms with Crippen LogP contribution in [0.5, 0.6) is 5.75 Å². The molecule has 26 heavy (non-hydrogen) atoms. The second kappa shape index (κ2) is 9.36. The van der Waals surface area contributed by atoms with E-state index in [2.05, 4.69) is 10.1 Å². The number of aliphatic carboxylic acids is 1. The molecule has 2 N–H and O–H groups in total. The van der Waals surface area contributed by atoms with Crippen LogP contribution in [0.15, 0.2) is 54.6 Å². The molecule has 0 fully saturated rings. The van der Waals surface area contributed by atoms with Gasteiger partial charge in [-0.3, -0.25) is 0 Å². The predicted molar refractivity (Wildman–Crippen MR) is 88.0 cm³/mol. The lowest BCUT2D eigenvalue weighted by molar-refractivity contribution is -0.139. The van der Waals surface area contributed by atoms with Crippen LogP contribution in [0, 0.1) is 0 Å². The lowest BCUT2D eigenvalue weighted by atomic mass is 10.1. The summed E-state index contributed by atoms with van der Waals surface area (Å²) in [5.74, 6) is -1.28. The smallest absolute Gasteiger partial charge is 0.408 e. The number of alkyl halides is 2. The second-order valence-electron chi connectivity index (χ2n) is 5.32. The molecule has 6 nitrogen and oxygen atoms in total. The van der Waals surface area contributed by atoms with Crippen LogP contribution in [0.2, 0.25) is 0 Å². The molecule has 1 amide bonds. The number of amides is 1. The van der Waals surface area contributed by atoms with Gasteiger partial charge in [0.1, 0.15) is 18.4 Å². The second-order valence-corrected chi connectivity index (χ2v) is 5.32. The maximum atomic E-state index is 12.1. The number of halogens is 2. The van der Waals surface area contributed by atoms with Crippen molar-refractivity contribution in [3.05, 3.63) is 65.7 Å². The monoisotopic (exact) mass is 365 g/mol. The normalized spacial score (nSPS) is 11.7. The van der Waals surface area contributed by atoms with Crippen LogP contribution in [-0.4, -0.2) is 29.8 Å². The maximum absolute atomic E-state index is 12.1. The summed E-state index contributed by atoms with van der Waals surface area (Å²) in [6.45, 7) is -2.92. The van der Waals surface area contributed by atoms with Crippen molar-refractivity contribution in [2.24, 2.45) is 0 Å². The number of alkyl carbamates (subject to hydrolysis) is 1. The third-order valence-electron chi connectivity index (χ3n) is 3.39. The van der Waals surface area contributed by atoms with Crippen molar-refractivity contribution in [1.82, 2.24) is 5.32 Å².